The Morgan fingerprint density at radius 2 is 1.84 bits per heavy atom. The van der Waals surface area contributed by atoms with Gasteiger partial charge in [0.15, 0.2) is 0 Å². The predicted molar refractivity (Wildman–Crippen MR) is 140 cm³/mol. The highest BCUT2D eigenvalue weighted by Crippen LogP contribution is 2.24. The quantitative estimate of drug-likeness (QED) is 0.151. The summed E-state index contributed by atoms with van der Waals surface area (Å²) in [5.41, 5.74) is 3.65. The minimum absolute atomic E-state index is 0.152. The summed E-state index contributed by atoms with van der Waals surface area (Å²) >= 11 is 0. The van der Waals surface area contributed by atoms with E-state index < -0.39 is 24.1 Å². The first-order valence-electron chi connectivity index (χ1n) is 11.9. The van der Waals surface area contributed by atoms with E-state index >= 15 is 0 Å². The van der Waals surface area contributed by atoms with Gasteiger partial charge in [-0.05, 0) is 42.9 Å². The first-order chi connectivity index (χ1) is 18.3. The number of hydrogen-bond acceptors (Lipinski definition) is 7. The number of benzene rings is 2. The summed E-state index contributed by atoms with van der Waals surface area (Å²) in [7, 11) is 2.66. The molecule has 0 aliphatic carbocycles. The summed E-state index contributed by atoms with van der Waals surface area (Å²) in [5, 5.41) is 9.66. The zero-order chi connectivity index (χ0) is 27.5. The lowest BCUT2D eigenvalue weighted by atomic mass is 9.86. The minimum atomic E-state index is -0.959. The number of alkyl carbamates (subject to hydrolysis) is 2. The van der Waals surface area contributed by atoms with Crippen LogP contribution in [0.15, 0.2) is 53.5 Å². The summed E-state index contributed by atoms with van der Waals surface area (Å²) < 4.78 is 9.52. The molecule has 1 aliphatic rings. The number of carbonyl (C=O) groups is 4. The average molecular weight is 520 g/mol. The van der Waals surface area contributed by atoms with Crippen LogP contribution in [0.4, 0.5) is 9.59 Å². The maximum atomic E-state index is 12.3. The average Bonchev–Trinajstić information content (AvgIpc) is 2.91. The standard InChI is InChI=1S/C27H29N5O6/c1-17-8-6-10-19(16-17)20-11-5-4-9-18(20)13-15-38-27(36)32-25(31-26(35)37-3)29-14-7-12-21-22(24(34)28-2)30-23(21)33/h4-6,8-11,16,21-22H,7,12,14H2,1-3H3,(H,28,34)(H,30,33)(H2,29,31,32,35,36)/t21-,22+/m1/s1. The molecule has 0 saturated carbocycles. The molecule has 2 aromatic rings. The number of rotatable bonds is 6. The molecule has 1 saturated heterocycles. The maximum absolute atomic E-state index is 12.3. The van der Waals surface area contributed by atoms with Gasteiger partial charge in [-0.15, -0.1) is 0 Å². The van der Waals surface area contributed by atoms with E-state index in [0.717, 1.165) is 23.8 Å². The molecule has 0 aromatic heterocycles. The number of aliphatic imine (C=N–C) groups is 1. The van der Waals surface area contributed by atoms with Crippen molar-refractivity contribution in [2.24, 2.45) is 10.9 Å². The molecular formula is C27H29N5O6. The van der Waals surface area contributed by atoms with Crippen molar-refractivity contribution in [2.45, 2.75) is 25.8 Å². The van der Waals surface area contributed by atoms with E-state index in [2.05, 4.69) is 43.0 Å². The Morgan fingerprint density at radius 3 is 2.55 bits per heavy atom. The summed E-state index contributed by atoms with van der Waals surface area (Å²) in [6, 6.07) is 14.8. The highest BCUT2D eigenvalue weighted by Gasteiger charge is 2.42. The second-order valence-electron chi connectivity index (χ2n) is 8.35. The third-order valence-corrected chi connectivity index (χ3v) is 5.72. The second kappa shape index (κ2) is 13.5. The van der Waals surface area contributed by atoms with Gasteiger partial charge in [0.25, 0.3) is 0 Å². The molecule has 11 heteroatoms. The van der Waals surface area contributed by atoms with Crippen LogP contribution in [0.1, 0.15) is 24.0 Å². The van der Waals surface area contributed by atoms with Crippen molar-refractivity contribution in [3.63, 3.8) is 0 Å². The molecule has 38 heavy (non-hydrogen) atoms. The molecule has 2 atom stereocenters. The molecule has 0 bridgehead atoms. The molecule has 4 N–H and O–H groups in total. The zero-order valence-electron chi connectivity index (χ0n) is 21.3. The van der Waals surface area contributed by atoms with Gasteiger partial charge in [-0.2, -0.15) is 0 Å². The highest BCUT2D eigenvalue weighted by atomic mass is 16.5. The van der Waals surface area contributed by atoms with E-state index in [-0.39, 0.29) is 24.3 Å². The van der Waals surface area contributed by atoms with Gasteiger partial charge in [0.1, 0.15) is 12.1 Å². The Kier molecular flexibility index (Phi) is 9.82. The lowest BCUT2D eigenvalue weighted by molar-refractivity contribution is -0.143. The maximum Gasteiger partial charge on any atom is 0.428 e. The van der Waals surface area contributed by atoms with E-state index in [4.69, 9.17) is 4.74 Å². The third kappa shape index (κ3) is 7.57. The number of hydrogen-bond donors (Lipinski definition) is 4. The lowest BCUT2D eigenvalue weighted by Crippen LogP contribution is -2.64. The van der Waals surface area contributed by atoms with E-state index in [1.54, 1.807) is 0 Å². The Morgan fingerprint density at radius 1 is 1.08 bits per heavy atom. The molecule has 3 rings (SSSR count). The molecule has 198 valence electrons. The Labute approximate surface area is 220 Å². The van der Waals surface area contributed by atoms with Crippen molar-refractivity contribution in [1.29, 1.82) is 0 Å². The van der Waals surface area contributed by atoms with Gasteiger partial charge in [-0.1, -0.05) is 48.0 Å². The Hall–Kier alpha value is -4.85. The summed E-state index contributed by atoms with van der Waals surface area (Å²) in [6.07, 6.45) is 1.39. The van der Waals surface area contributed by atoms with Gasteiger partial charge in [-0.3, -0.25) is 25.2 Å². The second-order valence-corrected chi connectivity index (χ2v) is 8.35. The van der Waals surface area contributed by atoms with Crippen LogP contribution in [0.5, 0.6) is 0 Å². The van der Waals surface area contributed by atoms with Crippen LogP contribution in [0.3, 0.4) is 0 Å². The molecule has 0 unspecified atom stereocenters. The molecule has 4 amide bonds. The molecule has 1 heterocycles. The molecule has 11 nitrogen and oxygen atoms in total. The molecule has 0 radical (unpaired) electrons. The van der Waals surface area contributed by atoms with Crippen molar-refractivity contribution in [1.82, 2.24) is 21.3 Å². The van der Waals surface area contributed by atoms with Gasteiger partial charge < -0.3 is 20.1 Å². The number of likely N-dealkylation sites (N-methyl/N-ethyl adjacent to an activating group) is 1. The molecular weight excluding hydrogens is 490 g/mol. The number of nitrogens with one attached hydrogen (secondary N) is 4. The number of methoxy groups -OCH3 is 1. The summed E-state index contributed by atoms with van der Waals surface area (Å²) in [4.78, 5) is 51.6. The number of amides is 4. The molecule has 1 fully saturated rings. The number of aryl methyl sites for hydroxylation is 1. The van der Waals surface area contributed by atoms with Crippen molar-refractivity contribution in [3.05, 3.63) is 59.7 Å². The van der Waals surface area contributed by atoms with Crippen molar-refractivity contribution < 1.29 is 28.7 Å². The van der Waals surface area contributed by atoms with Crippen LogP contribution < -0.4 is 21.3 Å². The Bertz CT molecular complexity index is 1300. The van der Waals surface area contributed by atoms with E-state index in [0.29, 0.717) is 18.4 Å². The van der Waals surface area contributed by atoms with Crippen LogP contribution in [-0.4, -0.2) is 56.7 Å². The predicted octanol–water partition coefficient (Wildman–Crippen LogP) is 2.05. The summed E-state index contributed by atoms with van der Waals surface area (Å²) in [5.74, 6) is 1.69. The number of carbonyl (C=O) groups excluding carboxylic acids is 4. The van der Waals surface area contributed by atoms with Crippen LogP contribution in [0, 0.1) is 24.9 Å². The van der Waals surface area contributed by atoms with E-state index in [1.165, 1.54) is 7.05 Å². The van der Waals surface area contributed by atoms with Crippen molar-refractivity contribution in [3.8, 4) is 23.2 Å². The Balaban J connectivity index is 1.59. The minimum Gasteiger partial charge on any atom is -0.453 e. The van der Waals surface area contributed by atoms with Crippen molar-refractivity contribution >= 4 is 30.0 Å². The normalized spacial score (nSPS) is 16.1. The number of ether oxygens (including phenoxy) is 2. The first kappa shape index (κ1) is 27.7. The van der Waals surface area contributed by atoms with Crippen LogP contribution in [-0.2, 0) is 19.1 Å². The van der Waals surface area contributed by atoms with Gasteiger partial charge >= 0.3 is 12.2 Å². The molecule has 0 spiro atoms. The highest BCUT2D eigenvalue weighted by molar-refractivity contribution is 6.01. The fraction of sp³-hybridized carbons (Fsp3) is 0.296. The lowest BCUT2D eigenvalue weighted by Gasteiger charge is -2.35. The monoisotopic (exact) mass is 519 g/mol. The molecule has 1 aliphatic heterocycles. The smallest absolute Gasteiger partial charge is 0.428 e. The number of β-lactam (4-membered cyclic amide) rings is 1. The topological polar surface area (TPSA) is 147 Å². The third-order valence-electron chi connectivity index (χ3n) is 5.72. The SMILES string of the molecule is CNC(=O)[C@H]1NC(=O)[C@@H]1CCCN=C(NC(=O)OC)NC(=O)OC#Cc1ccccc1-c1cccc(C)c1. The van der Waals surface area contributed by atoms with E-state index in [1.807, 2.05) is 55.5 Å². The number of nitrogens with zero attached hydrogens (tertiary/aromatic N) is 1. The largest absolute Gasteiger partial charge is 0.453 e. The van der Waals surface area contributed by atoms with Gasteiger partial charge in [-0.25, -0.2) is 9.59 Å². The van der Waals surface area contributed by atoms with Gasteiger partial charge in [0.2, 0.25) is 17.8 Å². The zero-order valence-corrected chi connectivity index (χ0v) is 21.3. The number of guanidine groups is 1. The summed E-state index contributed by atoms with van der Waals surface area (Å²) in [6.45, 7) is 2.15. The van der Waals surface area contributed by atoms with Crippen LogP contribution >= 0.6 is 0 Å². The van der Waals surface area contributed by atoms with Crippen LogP contribution in [0.2, 0.25) is 0 Å². The van der Waals surface area contributed by atoms with Crippen molar-refractivity contribution in [2.75, 3.05) is 20.7 Å². The van der Waals surface area contributed by atoms with Gasteiger partial charge in [0.05, 0.1) is 13.0 Å². The first-order valence-corrected chi connectivity index (χ1v) is 11.9. The fourth-order valence-corrected chi connectivity index (χ4v) is 3.78. The van der Waals surface area contributed by atoms with Crippen LogP contribution in [0.25, 0.3) is 11.1 Å². The fourth-order valence-electron chi connectivity index (χ4n) is 3.78. The molecule has 2 aromatic carbocycles. The van der Waals surface area contributed by atoms with Gasteiger partial charge in [0, 0.05) is 19.2 Å². The van der Waals surface area contributed by atoms with E-state index in [9.17, 15) is 19.2 Å².